The highest BCUT2D eigenvalue weighted by molar-refractivity contribution is 7.89. The van der Waals surface area contributed by atoms with E-state index in [4.69, 9.17) is 0 Å². The first-order chi connectivity index (χ1) is 14.9. The van der Waals surface area contributed by atoms with Crippen molar-refractivity contribution in [3.8, 4) is 0 Å². The van der Waals surface area contributed by atoms with Crippen molar-refractivity contribution in [2.75, 3.05) is 26.2 Å². The number of carbonyl (C=O) groups excluding carboxylic acids is 2. The predicted molar refractivity (Wildman–Crippen MR) is 117 cm³/mol. The number of likely N-dealkylation sites (tertiary alicyclic amines) is 1. The standard InChI is InChI=1S/C22H34N4O4S/c27-21(24-18-9-3-1-2-4-10-18)17-8-7-13-26(16-17)31(29,30)19-14-20(23-15-19)22(28)25-11-5-6-12-25/h14-15,17-18,23H,1-13,16H2,(H,24,27)/t17-/m1/s1. The van der Waals surface area contributed by atoms with Crippen molar-refractivity contribution in [1.29, 1.82) is 0 Å². The molecule has 3 fully saturated rings. The summed E-state index contributed by atoms with van der Waals surface area (Å²) in [6.45, 7) is 2.02. The Morgan fingerprint density at radius 2 is 1.65 bits per heavy atom. The lowest BCUT2D eigenvalue weighted by molar-refractivity contribution is -0.126. The molecule has 0 spiro atoms. The van der Waals surface area contributed by atoms with Gasteiger partial charge in [0.25, 0.3) is 5.91 Å². The zero-order chi connectivity index (χ0) is 21.8. The summed E-state index contributed by atoms with van der Waals surface area (Å²) in [6, 6.07) is 1.65. The quantitative estimate of drug-likeness (QED) is 0.673. The fourth-order valence-electron chi connectivity index (χ4n) is 5.00. The zero-order valence-corrected chi connectivity index (χ0v) is 19.0. The number of nitrogens with one attached hydrogen (secondary N) is 2. The molecule has 0 aromatic carbocycles. The Hall–Kier alpha value is -1.87. The van der Waals surface area contributed by atoms with Gasteiger partial charge in [0, 0.05) is 38.4 Å². The van der Waals surface area contributed by atoms with Gasteiger partial charge in [-0.2, -0.15) is 4.31 Å². The van der Waals surface area contributed by atoms with Gasteiger partial charge in [-0.1, -0.05) is 25.7 Å². The van der Waals surface area contributed by atoms with Crippen LogP contribution < -0.4 is 5.32 Å². The average Bonchev–Trinajstić information content (AvgIpc) is 3.43. The number of rotatable bonds is 5. The van der Waals surface area contributed by atoms with E-state index >= 15 is 0 Å². The SMILES string of the molecule is O=C(NC1CCCCCC1)[C@@H]1CCCN(S(=O)(=O)c2c[nH]c(C(=O)N3CCCC3)c2)C1. The molecule has 2 N–H and O–H groups in total. The molecule has 0 bridgehead atoms. The van der Waals surface area contributed by atoms with Crippen molar-refractivity contribution < 1.29 is 18.0 Å². The molecule has 0 unspecified atom stereocenters. The molecule has 31 heavy (non-hydrogen) atoms. The van der Waals surface area contributed by atoms with E-state index in [2.05, 4.69) is 10.3 Å². The average molecular weight is 451 g/mol. The fourth-order valence-corrected chi connectivity index (χ4v) is 6.52. The van der Waals surface area contributed by atoms with Crippen LogP contribution in [-0.2, 0) is 14.8 Å². The zero-order valence-electron chi connectivity index (χ0n) is 18.1. The molecule has 2 saturated heterocycles. The summed E-state index contributed by atoms with van der Waals surface area (Å²) in [6.07, 6.45) is 11.5. The smallest absolute Gasteiger partial charge is 0.270 e. The largest absolute Gasteiger partial charge is 0.356 e. The third kappa shape index (κ3) is 5.14. The molecule has 9 heteroatoms. The molecule has 3 aliphatic rings. The topological polar surface area (TPSA) is 103 Å². The molecule has 1 aromatic rings. The van der Waals surface area contributed by atoms with E-state index in [9.17, 15) is 18.0 Å². The molecule has 3 heterocycles. The van der Waals surface area contributed by atoms with E-state index in [1.54, 1.807) is 4.90 Å². The molecular formula is C22H34N4O4S. The molecule has 8 nitrogen and oxygen atoms in total. The van der Waals surface area contributed by atoms with Gasteiger partial charge in [-0.3, -0.25) is 9.59 Å². The number of carbonyl (C=O) groups is 2. The van der Waals surface area contributed by atoms with Crippen LogP contribution in [0.2, 0.25) is 0 Å². The Bertz CT molecular complexity index is 883. The number of amides is 2. The Morgan fingerprint density at radius 3 is 2.35 bits per heavy atom. The van der Waals surface area contributed by atoms with Gasteiger partial charge in [-0.25, -0.2) is 8.42 Å². The van der Waals surface area contributed by atoms with Gasteiger partial charge in [-0.05, 0) is 44.6 Å². The van der Waals surface area contributed by atoms with Crippen molar-refractivity contribution in [2.45, 2.75) is 75.1 Å². The van der Waals surface area contributed by atoms with E-state index < -0.39 is 10.0 Å². The van der Waals surface area contributed by atoms with E-state index in [0.29, 0.717) is 38.2 Å². The predicted octanol–water partition coefficient (Wildman–Crippen LogP) is 2.49. The minimum Gasteiger partial charge on any atom is -0.356 e. The van der Waals surface area contributed by atoms with E-state index in [1.165, 1.54) is 29.4 Å². The third-order valence-corrected chi connectivity index (χ3v) is 8.72. The maximum atomic E-state index is 13.2. The van der Waals surface area contributed by atoms with Crippen LogP contribution >= 0.6 is 0 Å². The number of sulfonamides is 1. The Labute approximate surface area is 184 Å². The summed E-state index contributed by atoms with van der Waals surface area (Å²) in [5.74, 6) is -0.500. The van der Waals surface area contributed by atoms with Crippen LogP contribution in [0.25, 0.3) is 0 Å². The summed E-state index contributed by atoms with van der Waals surface area (Å²) in [5, 5.41) is 3.17. The van der Waals surface area contributed by atoms with Crippen LogP contribution in [0.1, 0.15) is 74.7 Å². The second-order valence-corrected chi connectivity index (χ2v) is 11.1. The molecule has 172 valence electrons. The number of hydrogen-bond donors (Lipinski definition) is 2. The lowest BCUT2D eigenvalue weighted by Gasteiger charge is -2.32. The van der Waals surface area contributed by atoms with Crippen LogP contribution in [0, 0.1) is 5.92 Å². The first-order valence-corrected chi connectivity index (χ1v) is 13.2. The minimum atomic E-state index is -3.75. The van der Waals surface area contributed by atoms with Crippen molar-refractivity contribution in [1.82, 2.24) is 19.5 Å². The monoisotopic (exact) mass is 450 g/mol. The molecule has 1 aromatic heterocycles. The van der Waals surface area contributed by atoms with Crippen molar-refractivity contribution in [3.63, 3.8) is 0 Å². The lowest BCUT2D eigenvalue weighted by Crippen LogP contribution is -2.47. The maximum Gasteiger partial charge on any atom is 0.270 e. The van der Waals surface area contributed by atoms with Gasteiger partial charge in [0.15, 0.2) is 0 Å². The van der Waals surface area contributed by atoms with Gasteiger partial charge < -0.3 is 15.2 Å². The second-order valence-electron chi connectivity index (χ2n) is 9.15. The maximum absolute atomic E-state index is 13.2. The molecule has 1 aliphatic carbocycles. The third-order valence-electron chi connectivity index (χ3n) is 6.87. The molecule has 2 aliphatic heterocycles. The van der Waals surface area contributed by atoms with Gasteiger partial charge >= 0.3 is 0 Å². The lowest BCUT2D eigenvalue weighted by atomic mass is 9.97. The van der Waals surface area contributed by atoms with Gasteiger partial charge in [-0.15, -0.1) is 0 Å². The fraction of sp³-hybridized carbons (Fsp3) is 0.727. The van der Waals surface area contributed by atoms with E-state index in [0.717, 1.165) is 38.5 Å². The number of piperidine rings is 1. The molecule has 2 amide bonds. The van der Waals surface area contributed by atoms with Crippen LogP contribution in [-0.4, -0.2) is 66.6 Å². The van der Waals surface area contributed by atoms with E-state index in [-0.39, 0.29) is 35.2 Å². The van der Waals surface area contributed by atoms with Gasteiger partial charge in [0.05, 0.1) is 5.92 Å². The Kier molecular flexibility index (Phi) is 7.01. The van der Waals surface area contributed by atoms with Crippen molar-refractivity contribution in [3.05, 3.63) is 18.0 Å². The van der Waals surface area contributed by atoms with Gasteiger partial charge in [0.2, 0.25) is 15.9 Å². The van der Waals surface area contributed by atoms with Crippen LogP contribution in [0.15, 0.2) is 17.2 Å². The normalized spacial score (nSPS) is 24.1. The molecule has 1 saturated carbocycles. The Morgan fingerprint density at radius 1 is 0.935 bits per heavy atom. The number of aromatic nitrogens is 1. The highest BCUT2D eigenvalue weighted by Gasteiger charge is 2.35. The van der Waals surface area contributed by atoms with Crippen molar-refractivity contribution >= 4 is 21.8 Å². The highest BCUT2D eigenvalue weighted by atomic mass is 32.2. The van der Waals surface area contributed by atoms with Crippen molar-refractivity contribution in [2.24, 2.45) is 5.92 Å². The number of H-pyrrole nitrogens is 1. The second kappa shape index (κ2) is 9.73. The molecule has 4 rings (SSSR count). The van der Waals surface area contributed by atoms with Crippen LogP contribution in [0.5, 0.6) is 0 Å². The number of aromatic amines is 1. The summed E-state index contributed by atoms with van der Waals surface area (Å²) >= 11 is 0. The first-order valence-electron chi connectivity index (χ1n) is 11.7. The molecule has 0 radical (unpaired) electrons. The summed E-state index contributed by atoms with van der Waals surface area (Å²) in [7, 11) is -3.75. The number of hydrogen-bond acceptors (Lipinski definition) is 4. The number of nitrogens with zero attached hydrogens (tertiary/aromatic N) is 2. The molecule has 1 atom stereocenters. The minimum absolute atomic E-state index is 0.0224. The summed E-state index contributed by atoms with van der Waals surface area (Å²) in [5.41, 5.74) is 0.306. The summed E-state index contributed by atoms with van der Waals surface area (Å²) in [4.78, 5) is 30.1. The van der Waals surface area contributed by atoms with E-state index in [1.807, 2.05) is 0 Å². The highest BCUT2D eigenvalue weighted by Crippen LogP contribution is 2.26. The summed E-state index contributed by atoms with van der Waals surface area (Å²) < 4.78 is 27.8. The van der Waals surface area contributed by atoms with Gasteiger partial charge in [0.1, 0.15) is 10.6 Å². The Balaban J connectivity index is 1.40. The first kappa shape index (κ1) is 22.3. The van der Waals surface area contributed by atoms with Crippen LogP contribution in [0.4, 0.5) is 0 Å². The molecular weight excluding hydrogens is 416 g/mol. The van der Waals surface area contributed by atoms with Crippen LogP contribution in [0.3, 0.4) is 0 Å².